The lowest BCUT2D eigenvalue weighted by molar-refractivity contribution is -0.151. The second kappa shape index (κ2) is 11.9. The Morgan fingerprint density at radius 2 is 1.62 bits per heavy atom. The highest BCUT2D eigenvalue weighted by atomic mass is 16.5. The van der Waals surface area contributed by atoms with Gasteiger partial charge in [0.1, 0.15) is 11.6 Å². The molecular formula is C34H39N3O5. The minimum Gasteiger partial charge on any atom is -0.394 e. The topological polar surface area (TPSA) is 90.4 Å². The zero-order valence-corrected chi connectivity index (χ0v) is 24.0. The van der Waals surface area contributed by atoms with E-state index in [0.717, 1.165) is 30.4 Å². The van der Waals surface area contributed by atoms with Crippen molar-refractivity contribution in [1.82, 2.24) is 14.7 Å². The van der Waals surface area contributed by atoms with Gasteiger partial charge in [-0.3, -0.25) is 14.4 Å². The maximum absolute atomic E-state index is 14.7. The van der Waals surface area contributed by atoms with Crippen molar-refractivity contribution >= 4 is 17.7 Å². The summed E-state index contributed by atoms with van der Waals surface area (Å²) in [5.41, 5.74) is 0.415. The number of carbonyl (C=O) groups excluding carboxylic acids is 3. The number of unbranched alkanes of at least 4 members (excludes halogenated alkanes) is 2. The quantitative estimate of drug-likeness (QED) is 0.369. The maximum atomic E-state index is 14.7. The van der Waals surface area contributed by atoms with Crippen LogP contribution in [0.15, 0.2) is 85.0 Å². The second-order valence-electron chi connectivity index (χ2n) is 11.7. The van der Waals surface area contributed by atoms with Crippen LogP contribution < -0.4 is 0 Å². The van der Waals surface area contributed by atoms with Crippen LogP contribution in [0.1, 0.15) is 43.4 Å². The number of fused-ring (bicyclic) bond motifs is 2. The molecule has 0 saturated carbocycles. The molecule has 8 nitrogen and oxygen atoms in total. The Morgan fingerprint density at radius 3 is 2.33 bits per heavy atom. The van der Waals surface area contributed by atoms with Gasteiger partial charge in [-0.25, -0.2) is 0 Å². The molecule has 2 aromatic carbocycles. The molecule has 2 fully saturated rings. The minimum atomic E-state index is -1.32. The minimum absolute atomic E-state index is 0.158. The van der Waals surface area contributed by atoms with Crippen LogP contribution in [0, 0.1) is 11.8 Å². The van der Waals surface area contributed by atoms with E-state index in [0.29, 0.717) is 26.2 Å². The number of likely N-dealkylation sites (tertiary alicyclic amines) is 1. The monoisotopic (exact) mass is 569 g/mol. The average Bonchev–Trinajstić information content (AvgIpc) is 3.33. The van der Waals surface area contributed by atoms with E-state index in [1.165, 1.54) is 4.90 Å². The number of hydrogen-bond donors (Lipinski definition) is 1. The Balaban J connectivity index is 1.42. The third-order valence-electron chi connectivity index (χ3n) is 9.20. The molecule has 0 aromatic heterocycles. The molecule has 220 valence electrons. The summed E-state index contributed by atoms with van der Waals surface area (Å²) in [5.74, 6) is -2.36. The average molecular weight is 570 g/mol. The summed E-state index contributed by atoms with van der Waals surface area (Å²) >= 11 is 0. The van der Waals surface area contributed by atoms with Gasteiger partial charge in [0, 0.05) is 26.2 Å². The number of nitrogens with zero attached hydrogens (tertiary/aromatic N) is 3. The molecule has 42 heavy (non-hydrogen) atoms. The first kappa shape index (κ1) is 28.4. The first-order valence-electron chi connectivity index (χ1n) is 15.1. The number of benzene rings is 2. The lowest BCUT2D eigenvalue weighted by Crippen LogP contribution is -2.56. The molecule has 2 saturated heterocycles. The standard InChI is InChI=1S/C34H39N3O5/c1-2-3-10-19-35-21-12-18-34-29(32(40)37(30(34)33(35)41)26(23-38)25-15-8-5-9-16-25)28-27(42-34)17-11-20-36(31(28)39)22-24-13-6-4-7-14-24/h4-9,11-18,26-30,38H,2-3,10,19-23H2,1H3/t26-,27+,28-,29+,30?,34+/m1/s1. The van der Waals surface area contributed by atoms with Gasteiger partial charge < -0.3 is 24.5 Å². The number of amides is 3. The highest BCUT2D eigenvalue weighted by molar-refractivity contribution is 6.00. The molecule has 0 bridgehead atoms. The van der Waals surface area contributed by atoms with Crippen LogP contribution in [0.4, 0.5) is 0 Å². The molecule has 4 aliphatic heterocycles. The smallest absolute Gasteiger partial charge is 0.249 e. The van der Waals surface area contributed by atoms with Gasteiger partial charge in [0.15, 0.2) is 0 Å². The van der Waals surface area contributed by atoms with Gasteiger partial charge in [0.25, 0.3) is 0 Å². The van der Waals surface area contributed by atoms with Gasteiger partial charge in [-0.05, 0) is 17.5 Å². The third-order valence-corrected chi connectivity index (χ3v) is 9.20. The van der Waals surface area contributed by atoms with E-state index >= 15 is 0 Å². The van der Waals surface area contributed by atoms with Crippen molar-refractivity contribution in [2.24, 2.45) is 11.8 Å². The van der Waals surface area contributed by atoms with Crippen LogP contribution in [-0.2, 0) is 25.7 Å². The molecular weight excluding hydrogens is 530 g/mol. The zero-order chi connectivity index (χ0) is 29.3. The van der Waals surface area contributed by atoms with Crippen molar-refractivity contribution in [1.29, 1.82) is 0 Å². The van der Waals surface area contributed by atoms with Gasteiger partial charge in [0.05, 0.1) is 30.6 Å². The Hall–Kier alpha value is -3.75. The van der Waals surface area contributed by atoms with E-state index in [1.54, 1.807) is 9.80 Å². The van der Waals surface area contributed by atoms with Crippen molar-refractivity contribution in [2.75, 3.05) is 26.2 Å². The molecule has 2 aromatic rings. The van der Waals surface area contributed by atoms with Crippen molar-refractivity contribution in [3.63, 3.8) is 0 Å². The fourth-order valence-electron chi connectivity index (χ4n) is 7.24. The molecule has 1 unspecified atom stereocenters. The van der Waals surface area contributed by atoms with E-state index < -0.39 is 35.6 Å². The largest absolute Gasteiger partial charge is 0.394 e. The molecule has 6 rings (SSSR count). The molecule has 0 aliphatic carbocycles. The Bertz CT molecular complexity index is 1360. The highest BCUT2D eigenvalue weighted by Crippen LogP contribution is 2.55. The first-order valence-corrected chi connectivity index (χ1v) is 15.1. The van der Waals surface area contributed by atoms with E-state index in [-0.39, 0.29) is 24.3 Å². The molecule has 8 heteroatoms. The maximum Gasteiger partial charge on any atom is 0.249 e. The van der Waals surface area contributed by atoms with Crippen molar-refractivity contribution in [3.05, 3.63) is 96.1 Å². The Morgan fingerprint density at radius 1 is 0.905 bits per heavy atom. The third kappa shape index (κ3) is 4.76. The summed E-state index contributed by atoms with van der Waals surface area (Å²) in [6.45, 7) is 3.57. The second-order valence-corrected chi connectivity index (χ2v) is 11.7. The zero-order valence-electron chi connectivity index (χ0n) is 24.0. The number of rotatable bonds is 9. The number of aliphatic hydroxyl groups excluding tert-OH is 1. The lowest BCUT2D eigenvalue weighted by atomic mass is 9.77. The highest BCUT2D eigenvalue weighted by Gasteiger charge is 2.72. The van der Waals surface area contributed by atoms with Crippen LogP contribution in [-0.4, -0.2) is 81.5 Å². The van der Waals surface area contributed by atoms with Crippen LogP contribution in [0.5, 0.6) is 0 Å². The van der Waals surface area contributed by atoms with Gasteiger partial charge in [-0.15, -0.1) is 0 Å². The Labute approximate surface area is 247 Å². The normalized spacial score (nSPS) is 29.3. The summed E-state index contributed by atoms with van der Waals surface area (Å²) in [5, 5.41) is 10.7. The molecule has 4 heterocycles. The Kier molecular flexibility index (Phi) is 8.01. The molecule has 4 aliphatic rings. The lowest BCUT2D eigenvalue weighted by Gasteiger charge is -2.38. The van der Waals surface area contributed by atoms with Crippen molar-refractivity contribution < 1.29 is 24.2 Å². The summed E-state index contributed by atoms with van der Waals surface area (Å²) in [7, 11) is 0. The SMILES string of the molecule is CCCCCN1CC=C[C@]23O[C@H]4C=CCN(Cc5ccccc5)C(=O)[C@H]4[C@H]2C(=O)N([C@H](CO)c2ccccc2)C3C1=O. The van der Waals surface area contributed by atoms with Gasteiger partial charge in [-0.2, -0.15) is 0 Å². The van der Waals surface area contributed by atoms with Crippen molar-refractivity contribution in [2.45, 2.75) is 56.5 Å². The predicted molar refractivity (Wildman–Crippen MR) is 158 cm³/mol. The molecule has 0 radical (unpaired) electrons. The summed E-state index contributed by atoms with van der Waals surface area (Å²) < 4.78 is 6.77. The van der Waals surface area contributed by atoms with E-state index in [2.05, 4.69) is 6.92 Å². The fourth-order valence-corrected chi connectivity index (χ4v) is 7.24. The van der Waals surface area contributed by atoms with Crippen LogP contribution in [0.2, 0.25) is 0 Å². The van der Waals surface area contributed by atoms with Crippen LogP contribution in [0.25, 0.3) is 0 Å². The van der Waals surface area contributed by atoms with Gasteiger partial charge in [-0.1, -0.05) is 105 Å². The summed E-state index contributed by atoms with van der Waals surface area (Å²) in [6, 6.07) is 17.3. The van der Waals surface area contributed by atoms with Crippen molar-refractivity contribution in [3.8, 4) is 0 Å². The van der Waals surface area contributed by atoms with Crippen LogP contribution in [0.3, 0.4) is 0 Å². The van der Waals surface area contributed by atoms with Gasteiger partial charge in [0.2, 0.25) is 17.7 Å². The number of carbonyl (C=O) groups is 3. The number of hydrogen-bond acceptors (Lipinski definition) is 5. The number of aliphatic hydroxyl groups is 1. The van der Waals surface area contributed by atoms with E-state index in [4.69, 9.17) is 4.74 Å². The summed E-state index contributed by atoms with van der Waals surface area (Å²) in [6.07, 6.45) is 9.86. The molecule has 6 atom stereocenters. The van der Waals surface area contributed by atoms with Crippen LogP contribution >= 0.6 is 0 Å². The van der Waals surface area contributed by atoms with E-state index in [9.17, 15) is 19.5 Å². The molecule has 1 N–H and O–H groups in total. The van der Waals surface area contributed by atoms with E-state index in [1.807, 2.05) is 85.0 Å². The molecule has 3 amide bonds. The molecule has 1 spiro atoms. The summed E-state index contributed by atoms with van der Waals surface area (Å²) in [4.78, 5) is 48.5. The number of ether oxygens (including phenoxy) is 1. The van der Waals surface area contributed by atoms with Gasteiger partial charge >= 0.3 is 0 Å². The predicted octanol–water partition coefficient (Wildman–Crippen LogP) is 3.49. The first-order chi connectivity index (χ1) is 20.5. The fraction of sp³-hybridized carbons (Fsp3) is 0.441.